The monoisotopic (exact) mass is 273 g/mol. The number of nitrogens with zero attached hydrogens (tertiary/aromatic N) is 2. The molecule has 106 valence electrons. The van der Waals surface area contributed by atoms with Gasteiger partial charge in [0.05, 0.1) is 18.2 Å². The fourth-order valence-electron chi connectivity index (χ4n) is 2.79. The largest absolute Gasteiger partial charge is 0.393 e. The van der Waals surface area contributed by atoms with Gasteiger partial charge in [-0.05, 0) is 37.3 Å². The van der Waals surface area contributed by atoms with E-state index in [1.54, 1.807) is 0 Å². The number of fused-ring (bicyclic) bond motifs is 1. The molecule has 0 aromatic carbocycles. The minimum Gasteiger partial charge on any atom is -0.393 e. The molecule has 0 saturated heterocycles. The van der Waals surface area contributed by atoms with Gasteiger partial charge in [0.15, 0.2) is 0 Å². The molecule has 0 spiro atoms. The Kier molecular flexibility index (Phi) is 3.69. The highest BCUT2D eigenvalue weighted by Crippen LogP contribution is 2.24. The van der Waals surface area contributed by atoms with Crippen molar-refractivity contribution < 1.29 is 9.90 Å². The molecule has 1 saturated carbocycles. The maximum absolute atomic E-state index is 11.9. The van der Waals surface area contributed by atoms with Crippen LogP contribution in [-0.4, -0.2) is 33.0 Å². The standard InChI is InChI=1S/C15H19N3O2/c19-13-5-4-11(7-13)9-16-15(20)8-12-10-18-6-2-1-3-14(18)17-12/h1-3,6,10-11,13,19H,4-5,7-9H2,(H,16,20). The molecular formula is C15H19N3O2. The molecule has 0 radical (unpaired) electrons. The van der Waals surface area contributed by atoms with Crippen molar-refractivity contribution in [1.29, 1.82) is 0 Å². The van der Waals surface area contributed by atoms with Gasteiger partial charge >= 0.3 is 0 Å². The Morgan fingerprint density at radius 2 is 2.35 bits per heavy atom. The summed E-state index contributed by atoms with van der Waals surface area (Å²) < 4.78 is 1.91. The molecule has 2 unspecified atom stereocenters. The number of aromatic nitrogens is 2. The molecule has 2 heterocycles. The summed E-state index contributed by atoms with van der Waals surface area (Å²) in [6.45, 7) is 0.656. The third kappa shape index (κ3) is 2.99. The zero-order valence-corrected chi connectivity index (χ0v) is 11.3. The van der Waals surface area contributed by atoms with Crippen molar-refractivity contribution in [3.63, 3.8) is 0 Å². The van der Waals surface area contributed by atoms with E-state index in [1.807, 2.05) is 35.0 Å². The maximum atomic E-state index is 11.9. The Hall–Kier alpha value is -1.88. The number of aliphatic hydroxyl groups is 1. The molecular weight excluding hydrogens is 254 g/mol. The Morgan fingerprint density at radius 1 is 1.45 bits per heavy atom. The van der Waals surface area contributed by atoms with Gasteiger partial charge in [0.1, 0.15) is 5.65 Å². The van der Waals surface area contributed by atoms with Gasteiger partial charge < -0.3 is 14.8 Å². The van der Waals surface area contributed by atoms with Crippen LogP contribution in [0.3, 0.4) is 0 Å². The second-order valence-corrected chi connectivity index (χ2v) is 5.51. The molecule has 2 aromatic heterocycles. The number of carbonyl (C=O) groups excluding carboxylic acids is 1. The van der Waals surface area contributed by atoms with Crippen molar-refractivity contribution >= 4 is 11.6 Å². The Bertz CT molecular complexity index is 575. The second-order valence-electron chi connectivity index (χ2n) is 5.51. The van der Waals surface area contributed by atoms with Crippen LogP contribution in [0.1, 0.15) is 25.0 Å². The van der Waals surface area contributed by atoms with E-state index >= 15 is 0 Å². The minimum absolute atomic E-state index is 0.00482. The number of hydrogen-bond donors (Lipinski definition) is 2. The summed E-state index contributed by atoms with van der Waals surface area (Å²) in [7, 11) is 0. The molecule has 1 amide bonds. The van der Waals surface area contributed by atoms with Gasteiger partial charge in [0.2, 0.25) is 5.91 Å². The van der Waals surface area contributed by atoms with Crippen LogP contribution < -0.4 is 5.32 Å². The van der Waals surface area contributed by atoms with Crippen LogP contribution in [0.5, 0.6) is 0 Å². The summed E-state index contributed by atoms with van der Waals surface area (Å²) >= 11 is 0. The first-order valence-corrected chi connectivity index (χ1v) is 7.08. The summed E-state index contributed by atoms with van der Waals surface area (Å²) in [6, 6.07) is 5.78. The minimum atomic E-state index is -0.185. The SMILES string of the molecule is O=C(Cc1cn2ccccc2n1)NCC1CCC(O)C1. The molecule has 5 nitrogen and oxygen atoms in total. The van der Waals surface area contributed by atoms with Gasteiger partial charge in [-0.3, -0.25) is 4.79 Å². The predicted molar refractivity (Wildman–Crippen MR) is 75.3 cm³/mol. The van der Waals surface area contributed by atoms with Gasteiger partial charge in [-0.1, -0.05) is 6.07 Å². The topological polar surface area (TPSA) is 66.6 Å². The number of rotatable bonds is 4. The first-order chi connectivity index (χ1) is 9.70. The molecule has 2 aromatic rings. The van der Waals surface area contributed by atoms with Crippen LogP contribution >= 0.6 is 0 Å². The van der Waals surface area contributed by atoms with Gasteiger partial charge in [-0.2, -0.15) is 0 Å². The number of amides is 1. The van der Waals surface area contributed by atoms with Crippen LogP contribution in [0.2, 0.25) is 0 Å². The lowest BCUT2D eigenvalue weighted by molar-refractivity contribution is -0.120. The summed E-state index contributed by atoms with van der Waals surface area (Å²) in [5.41, 5.74) is 1.63. The Morgan fingerprint density at radius 3 is 3.10 bits per heavy atom. The highest BCUT2D eigenvalue weighted by atomic mass is 16.3. The average Bonchev–Trinajstić information content (AvgIpc) is 3.01. The van der Waals surface area contributed by atoms with Crippen molar-refractivity contribution in [1.82, 2.24) is 14.7 Å². The van der Waals surface area contributed by atoms with E-state index < -0.39 is 0 Å². The van der Waals surface area contributed by atoms with Gasteiger partial charge in [-0.15, -0.1) is 0 Å². The Labute approximate surface area is 117 Å². The van der Waals surface area contributed by atoms with E-state index in [1.165, 1.54) is 0 Å². The van der Waals surface area contributed by atoms with E-state index in [2.05, 4.69) is 10.3 Å². The van der Waals surface area contributed by atoms with Gasteiger partial charge in [0.25, 0.3) is 0 Å². The van der Waals surface area contributed by atoms with E-state index in [4.69, 9.17) is 0 Å². The molecule has 0 bridgehead atoms. The van der Waals surface area contributed by atoms with Gasteiger partial charge in [-0.25, -0.2) is 4.98 Å². The molecule has 2 atom stereocenters. The van der Waals surface area contributed by atoms with E-state index in [0.29, 0.717) is 18.9 Å². The lowest BCUT2D eigenvalue weighted by Gasteiger charge is -2.10. The molecule has 1 aliphatic carbocycles. The third-order valence-corrected chi connectivity index (χ3v) is 3.86. The van der Waals surface area contributed by atoms with Crippen LogP contribution in [-0.2, 0) is 11.2 Å². The van der Waals surface area contributed by atoms with E-state index in [-0.39, 0.29) is 12.0 Å². The summed E-state index contributed by atoms with van der Waals surface area (Å²) in [6.07, 6.45) is 6.57. The number of aliphatic hydroxyl groups excluding tert-OH is 1. The molecule has 0 aliphatic heterocycles. The van der Waals surface area contributed by atoms with Crippen molar-refractivity contribution in [3.05, 3.63) is 36.3 Å². The maximum Gasteiger partial charge on any atom is 0.226 e. The number of pyridine rings is 1. The smallest absolute Gasteiger partial charge is 0.226 e. The lowest BCUT2D eigenvalue weighted by atomic mass is 10.1. The predicted octanol–water partition coefficient (Wildman–Crippen LogP) is 1.15. The Balaban J connectivity index is 1.53. The van der Waals surface area contributed by atoms with Crippen LogP contribution in [0.4, 0.5) is 0 Å². The first-order valence-electron chi connectivity index (χ1n) is 7.08. The average molecular weight is 273 g/mol. The van der Waals surface area contributed by atoms with E-state index in [9.17, 15) is 9.90 Å². The van der Waals surface area contributed by atoms with Crippen molar-refractivity contribution in [3.8, 4) is 0 Å². The first kappa shape index (κ1) is 13.1. The molecule has 20 heavy (non-hydrogen) atoms. The summed E-state index contributed by atoms with van der Waals surface area (Å²) in [5, 5.41) is 12.4. The fourth-order valence-corrected chi connectivity index (χ4v) is 2.79. The van der Waals surface area contributed by atoms with Crippen LogP contribution in [0.25, 0.3) is 5.65 Å². The zero-order chi connectivity index (χ0) is 13.9. The van der Waals surface area contributed by atoms with E-state index in [0.717, 1.165) is 30.6 Å². The highest BCUT2D eigenvalue weighted by Gasteiger charge is 2.22. The number of hydrogen-bond acceptors (Lipinski definition) is 3. The van der Waals surface area contributed by atoms with Gasteiger partial charge in [0, 0.05) is 18.9 Å². The number of imidazole rings is 1. The summed E-state index contributed by atoms with van der Waals surface area (Å²) in [5.74, 6) is 0.407. The van der Waals surface area contributed by atoms with Crippen molar-refractivity contribution in [2.24, 2.45) is 5.92 Å². The molecule has 3 rings (SSSR count). The lowest BCUT2D eigenvalue weighted by Crippen LogP contribution is -2.30. The number of carbonyl (C=O) groups is 1. The fraction of sp³-hybridized carbons (Fsp3) is 0.467. The van der Waals surface area contributed by atoms with Crippen molar-refractivity contribution in [2.45, 2.75) is 31.8 Å². The quantitative estimate of drug-likeness (QED) is 0.878. The summed E-state index contributed by atoms with van der Waals surface area (Å²) in [4.78, 5) is 16.3. The molecule has 1 fully saturated rings. The normalized spacial score (nSPS) is 22.2. The number of nitrogens with one attached hydrogen (secondary N) is 1. The van der Waals surface area contributed by atoms with Crippen LogP contribution in [0, 0.1) is 5.92 Å². The molecule has 1 aliphatic rings. The molecule has 2 N–H and O–H groups in total. The highest BCUT2D eigenvalue weighted by molar-refractivity contribution is 5.78. The van der Waals surface area contributed by atoms with Crippen molar-refractivity contribution in [2.75, 3.05) is 6.54 Å². The third-order valence-electron chi connectivity index (χ3n) is 3.86. The molecule has 5 heteroatoms. The van der Waals surface area contributed by atoms with Crippen LogP contribution in [0.15, 0.2) is 30.6 Å². The second kappa shape index (κ2) is 5.63. The zero-order valence-electron chi connectivity index (χ0n) is 11.3.